The van der Waals surface area contributed by atoms with Crippen molar-refractivity contribution in [1.29, 1.82) is 5.26 Å². The molecule has 4 heterocycles. The number of furan rings is 1. The van der Waals surface area contributed by atoms with Gasteiger partial charge in [-0.3, -0.25) is 19.2 Å². The maximum absolute atomic E-state index is 15.8. The van der Waals surface area contributed by atoms with Crippen LogP contribution in [-0.2, 0) is 28.0 Å². The van der Waals surface area contributed by atoms with E-state index in [2.05, 4.69) is 14.8 Å². The lowest BCUT2D eigenvalue weighted by atomic mass is 9.83. The first-order valence-corrected chi connectivity index (χ1v) is 11.2. The van der Waals surface area contributed by atoms with E-state index in [4.69, 9.17) is 10.2 Å². The van der Waals surface area contributed by atoms with Gasteiger partial charge in [0, 0.05) is 31.4 Å². The average Bonchev–Trinajstić information content (AvgIpc) is 3.53. The molecule has 4 rings (SSSR count). The fraction of sp³-hybridized carbons (Fsp3) is 0.375. The molecule has 0 radical (unpaired) electrons. The Balaban J connectivity index is 1.55. The smallest absolute Gasteiger partial charge is 0.311 e. The first kappa shape index (κ1) is 25.0. The zero-order chi connectivity index (χ0) is 25.9. The molecule has 2 unspecified atom stereocenters. The molecule has 1 aliphatic heterocycles. The quantitative estimate of drug-likeness (QED) is 0.369. The molecule has 1 amide bonds. The maximum atomic E-state index is 15.8. The van der Waals surface area contributed by atoms with E-state index < -0.39 is 29.5 Å². The minimum absolute atomic E-state index is 0.0443. The van der Waals surface area contributed by atoms with Crippen molar-refractivity contribution in [2.75, 3.05) is 20.2 Å². The van der Waals surface area contributed by atoms with Crippen molar-refractivity contribution in [2.45, 2.75) is 37.5 Å². The molecule has 0 saturated carbocycles. The van der Waals surface area contributed by atoms with Gasteiger partial charge in [0.05, 0.1) is 43.5 Å². The van der Waals surface area contributed by atoms with Gasteiger partial charge in [0.25, 0.3) is 5.91 Å². The molecule has 36 heavy (non-hydrogen) atoms. The second-order valence-electron chi connectivity index (χ2n) is 8.57. The van der Waals surface area contributed by atoms with E-state index in [0.29, 0.717) is 23.6 Å². The lowest BCUT2D eigenvalue weighted by Gasteiger charge is -2.43. The summed E-state index contributed by atoms with van der Waals surface area (Å²) in [4.78, 5) is 29.3. The third kappa shape index (κ3) is 4.83. The number of primary amides is 1. The van der Waals surface area contributed by atoms with Gasteiger partial charge in [-0.25, -0.2) is 9.37 Å². The molecule has 3 aromatic heterocycles. The molecule has 10 nitrogen and oxygen atoms in total. The Morgan fingerprint density at radius 1 is 1.39 bits per heavy atom. The Hall–Kier alpha value is -4.11. The van der Waals surface area contributed by atoms with Crippen molar-refractivity contribution < 1.29 is 27.5 Å². The summed E-state index contributed by atoms with van der Waals surface area (Å²) in [5.41, 5.74) is 4.69. The molecule has 3 aromatic rings. The van der Waals surface area contributed by atoms with E-state index in [1.54, 1.807) is 29.2 Å². The van der Waals surface area contributed by atoms with E-state index in [9.17, 15) is 19.2 Å². The number of likely N-dealkylation sites (tertiary alicyclic amines) is 1. The standard InChI is InChI=1S/C24H24F2N6O4/c1-35-21(33)11-18-16(23(28)34)13-32(30-18)24(6-8-27)7-9-31(14-20(24)25)12-15-4-5-17(29-22(15)26)19-3-2-10-36-19/h2-5,10,13,20H,6-7,9,11-12,14H2,1H3,(H2,28,34). The molecule has 1 fully saturated rings. The van der Waals surface area contributed by atoms with Crippen LogP contribution in [0.3, 0.4) is 0 Å². The van der Waals surface area contributed by atoms with Gasteiger partial charge in [-0.15, -0.1) is 0 Å². The van der Waals surface area contributed by atoms with Crippen LogP contribution in [0, 0.1) is 17.3 Å². The third-order valence-electron chi connectivity index (χ3n) is 6.39. The Morgan fingerprint density at radius 3 is 2.81 bits per heavy atom. The maximum Gasteiger partial charge on any atom is 0.311 e. The molecule has 1 aliphatic rings. The summed E-state index contributed by atoms with van der Waals surface area (Å²) < 4.78 is 41.5. The van der Waals surface area contributed by atoms with Gasteiger partial charge in [-0.2, -0.15) is 14.8 Å². The third-order valence-corrected chi connectivity index (χ3v) is 6.39. The van der Waals surface area contributed by atoms with E-state index in [0.717, 1.165) is 0 Å². The normalized spacial score (nSPS) is 20.1. The second-order valence-corrected chi connectivity index (χ2v) is 8.57. The second kappa shape index (κ2) is 10.2. The van der Waals surface area contributed by atoms with Gasteiger partial charge in [0.2, 0.25) is 5.95 Å². The Morgan fingerprint density at radius 2 is 2.19 bits per heavy atom. The Labute approximate surface area is 205 Å². The predicted octanol–water partition coefficient (Wildman–Crippen LogP) is 2.34. The fourth-order valence-corrected chi connectivity index (χ4v) is 4.38. The first-order valence-electron chi connectivity index (χ1n) is 11.2. The van der Waals surface area contributed by atoms with Crippen LogP contribution in [0.2, 0.25) is 0 Å². The van der Waals surface area contributed by atoms with Crippen LogP contribution < -0.4 is 5.73 Å². The molecule has 0 bridgehead atoms. The van der Waals surface area contributed by atoms with Crippen molar-refractivity contribution in [2.24, 2.45) is 5.73 Å². The predicted molar refractivity (Wildman–Crippen MR) is 121 cm³/mol. The van der Waals surface area contributed by atoms with Crippen LogP contribution in [0.25, 0.3) is 11.5 Å². The highest BCUT2D eigenvalue weighted by atomic mass is 19.1. The number of hydrogen-bond donors (Lipinski definition) is 1. The number of carbonyl (C=O) groups is 2. The molecule has 0 aliphatic carbocycles. The topological polar surface area (TPSA) is 140 Å². The number of hydrogen-bond acceptors (Lipinski definition) is 8. The fourth-order valence-electron chi connectivity index (χ4n) is 4.38. The molecule has 2 N–H and O–H groups in total. The molecular formula is C24H24F2N6O4. The van der Waals surface area contributed by atoms with Gasteiger partial charge in [0.1, 0.15) is 17.4 Å². The zero-order valence-electron chi connectivity index (χ0n) is 19.5. The van der Waals surface area contributed by atoms with Crippen LogP contribution in [0.1, 0.15) is 34.5 Å². The van der Waals surface area contributed by atoms with Crippen molar-refractivity contribution in [3.8, 4) is 17.5 Å². The van der Waals surface area contributed by atoms with Crippen molar-refractivity contribution in [3.63, 3.8) is 0 Å². The van der Waals surface area contributed by atoms with Crippen molar-refractivity contribution >= 4 is 11.9 Å². The van der Waals surface area contributed by atoms with Crippen LogP contribution in [0.15, 0.2) is 41.1 Å². The van der Waals surface area contributed by atoms with E-state index >= 15 is 4.39 Å². The Bertz CT molecular complexity index is 1300. The summed E-state index contributed by atoms with van der Waals surface area (Å²) in [6.45, 7) is 0.318. The van der Waals surface area contributed by atoms with Crippen LogP contribution in [0.5, 0.6) is 0 Å². The number of aromatic nitrogens is 3. The van der Waals surface area contributed by atoms with Crippen molar-refractivity contribution in [3.05, 3.63) is 59.5 Å². The van der Waals surface area contributed by atoms with Crippen LogP contribution >= 0.6 is 0 Å². The highest BCUT2D eigenvalue weighted by Gasteiger charge is 2.46. The molecule has 1 saturated heterocycles. The van der Waals surface area contributed by atoms with Gasteiger partial charge >= 0.3 is 5.97 Å². The Kier molecular flexibility index (Phi) is 7.12. The number of nitriles is 1. The van der Waals surface area contributed by atoms with Gasteiger partial charge in [0.15, 0.2) is 5.76 Å². The highest BCUT2D eigenvalue weighted by molar-refractivity contribution is 5.94. The van der Waals surface area contributed by atoms with Crippen LogP contribution in [0.4, 0.5) is 8.78 Å². The summed E-state index contributed by atoms with van der Waals surface area (Å²) in [6, 6.07) is 8.56. The largest absolute Gasteiger partial charge is 0.469 e. The molecular weight excluding hydrogens is 474 g/mol. The number of piperidine rings is 1. The van der Waals surface area contributed by atoms with Gasteiger partial charge in [-0.1, -0.05) is 6.07 Å². The van der Waals surface area contributed by atoms with Crippen LogP contribution in [-0.4, -0.2) is 57.9 Å². The molecule has 0 spiro atoms. The molecule has 12 heteroatoms. The summed E-state index contributed by atoms with van der Waals surface area (Å²) in [6.07, 6.45) is 0.753. The number of rotatable bonds is 8. The minimum atomic E-state index is -1.59. The summed E-state index contributed by atoms with van der Waals surface area (Å²) in [5.74, 6) is -1.72. The summed E-state index contributed by atoms with van der Waals surface area (Å²) >= 11 is 0. The van der Waals surface area contributed by atoms with E-state index in [1.807, 2.05) is 6.07 Å². The molecule has 188 valence electrons. The molecule has 0 aromatic carbocycles. The first-order chi connectivity index (χ1) is 17.3. The lowest BCUT2D eigenvalue weighted by molar-refractivity contribution is -0.139. The minimum Gasteiger partial charge on any atom is -0.469 e. The highest BCUT2D eigenvalue weighted by Crippen LogP contribution is 2.37. The number of alkyl halides is 1. The number of nitrogens with zero attached hydrogens (tertiary/aromatic N) is 5. The van der Waals surface area contributed by atoms with Crippen molar-refractivity contribution in [1.82, 2.24) is 19.7 Å². The summed E-state index contributed by atoms with van der Waals surface area (Å²) in [5, 5.41) is 13.7. The van der Waals surface area contributed by atoms with Gasteiger partial charge in [-0.05, 0) is 24.6 Å². The average molecular weight is 498 g/mol. The van der Waals surface area contributed by atoms with E-state index in [1.165, 1.54) is 24.3 Å². The number of halogens is 2. The number of methoxy groups -OCH3 is 1. The number of ether oxygens (including phenoxy) is 1. The zero-order valence-corrected chi connectivity index (χ0v) is 19.5. The lowest BCUT2D eigenvalue weighted by Crippen LogP contribution is -2.54. The monoisotopic (exact) mass is 498 g/mol. The number of carbonyl (C=O) groups excluding carboxylic acids is 2. The molecule has 2 atom stereocenters. The number of amides is 1. The SMILES string of the molecule is COC(=O)Cc1nn(C2(CC#N)CCN(Cc3ccc(-c4ccco4)nc3F)CC2F)cc1C(N)=O. The van der Waals surface area contributed by atoms with Gasteiger partial charge < -0.3 is 14.9 Å². The van der Waals surface area contributed by atoms with E-state index in [-0.39, 0.29) is 43.6 Å². The number of nitrogens with two attached hydrogens (primary N) is 1. The number of esters is 1. The summed E-state index contributed by atoms with van der Waals surface area (Å²) in [7, 11) is 1.19. The number of pyridine rings is 1.